The molecule has 0 aliphatic carbocycles. The molecule has 1 aliphatic rings. The van der Waals surface area contributed by atoms with Crippen LogP contribution < -0.4 is 10.1 Å². The van der Waals surface area contributed by atoms with Crippen LogP contribution in [0.15, 0.2) is 42.5 Å². The van der Waals surface area contributed by atoms with E-state index in [4.69, 9.17) is 4.74 Å². The smallest absolute Gasteiger partial charge is 0.335 e. The lowest BCUT2D eigenvalue weighted by molar-refractivity contribution is -0.121. The van der Waals surface area contributed by atoms with Crippen molar-refractivity contribution in [3.05, 3.63) is 65.0 Å². The van der Waals surface area contributed by atoms with Crippen molar-refractivity contribution in [2.75, 3.05) is 6.61 Å². The van der Waals surface area contributed by atoms with Gasteiger partial charge in [0.25, 0.3) is 0 Å². The first-order chi connectivity index (χ1) is 12.5. The van der Waals surface area contributed by atoms with Crippen molar-refractivity contribution in [1.29, 1.82) is 0 Å². The van der Waals surface area contributed by atoms with Crippen LogP contribution in [0.25, 0.3) is 0 Å². The number of amides is 1. The Morgan fingerprint density at radius 3 is 2.85 bits per heavy atom. The zero-order chi connectivity index (χ0) is 18.5. The minimum absolute atomic E-state index is 0.159. The van der Waals surface area contributed by atoms with E-state index in [2.05, 4.69) is 5.32 Å². The van der Waals surface area contributed by atoms with Gasteiger partial charge < -0.3 is 15.2 Å². The van der Waals surface area contributed by atoms with Crippen LogP contribution in [0.2, 0.25) is 0 Å². The highest BCUT2D eigenvalue weighted by Crippen LogP contribution is 2.32. The van der Waals surface area contributed by atoms with Gasteiger partial charge in [-0.1, -0.05) is 18.2 Å². The van der Waals surface area contributed by atoms with E-state index in [1.165, 1.54) is 18.2 Å². The number of nitrogens with one attached hydrogen (secondary N) is 1. The highest BCUT2D eigenvalue weighted by atomic mass is 19.1. The maximum absolute atomic E-state index is 13.6. The monoisotopic (exact) mass is 357 g/mol. The van der Waals surface area contributed by atoms with E-state index in [0.29, 0.717) is 36.3 Å². The molecule has 3 rings (SSSR count). The van der Waals surface area contributed by atoms with E-state index in [1.54, 1.807) is 24.3 Å². The lowest BCUT2D eigenvalue weighted by Crippen LogP contribution is -2.28. The average molecular weight is 357 g/mol. The van der Waals surface area contributed by atoms with Gasteiger partial charge in [0.2, 0.25) is 5.91 Å². The van der Waals surface area contributed by atoms with Crippen LogP contribution in [0, 0.1) is 5.82 Å². The van der Waals surface area contributed by atoms with Gasteiger partial charge in [-0.25, -0.2) is 9.18 Å². The van der Waals surface area contributed by atoms with E-state index >= 15 is 0 Å². The van der Waals surface area contributed by atoms with Crippen molar-refractivity contribution in [2.24, 2.45) is 0 Å². The molecule has 2 aromatic carbocycles. The standard InChI is InChI=1S/C20H20FNO4/c21-14-8-9-18-16(12-14)17(6-3-11-26-18)22-19(23)10-7-13-4-1-2-5-15(13)20(24)25/h1-2,4-5,8-9,12,17H,3,6-7,10-11H2,(H,22,23)(H,24,25). The number of carbonyl (C=O) groups excluding carboxylic acids is 1. The summed E-state index contributed by atoms with van der Waals surface area (Å²) in [6.45, 7) is 0.525. The molecule has 2 N–H and O–H groups in total. The van der Waals surface area contributed by atoms with Gasteiger partial charge in [0, 0.05) is 12.0 Å². The lowest BCUT2D eigenvalue weighted by atomic mass is 10.0. The topological polar surface area (TPSA) is 75.6 Å². The Morgan fingerprint density at radius 2 is 2.04 bits per heavy atom. The molecule has 5 nitrogen and oxygen atoms in total. The number of fused-ring (bicyclic) bond motifs is 1. The number of carboxylic acid groups (broad SMARTS) is 1. The Bertz CT molecular complexity index is 821. The van der Waals surface area contributed by atoms with E-state index in [-0.39, 0.29) is 29.8 Å². The number of hydrogen-bond donors (Lipinski definition) is 2. The summed E-state index contributed by atoms with van der Waals surface area (Å²) in [4.78, 5) is 23.6. The second kappa shape index (κ2) is 7.99. The highest BCUT2D eigenvalue weighted by Gasteiger charge is 2.22. The summed E-state index contributed by atoms with van der Waals surface area (Å²) < 4.78 is 19.2. The number of benzene rings is 2. The third kappa shape index (κ3) is 4.20. The molecule has 0 aromatic heterocycles. The molecule has 0 saturated heterocycles. The lowest BCUT2D eigenvalue weighted by Gasteiger charge is -2.18. The Hall–Kier alpha value is -2.89. The van der Waals surface area contributed by atoms with Crippen molar-refractivity contribution in [3.63, 3.8) is 0 Å². The maximum atomic E-state index is 13.6. The highest BCUT2D eigenvalue weighted by molar-refractivity contribution is 5.89. The van der Waals surface area contributed by atoms with Crippen LogP contribution in [0.5, 0.6) is 5.75 Å². The molecule has 0 bridgehead atoms. The molecule has 1 unspecified atom stereocenters. The molecule has 1 aliphatic heterocycles. The van der Waals surface area contributed by atoms with Crippen LogP contribution in [-0.4, -0.2) is 23.6 Å². The van der Waals surface area contributed by atoms with Crippen molar-refractivity contribution in [1.82, 2.24) is 5.32 Å². The van der Waals surface area contributed by atoms with Crippen molar-refractivity contribution in [3.8, 4) is 5.75 Å². The fourth-order valence-electron chi connectivity index (χ4n) is 3.16. The number of ether oxygens (including phenoxy) is 1. The number of hydrogen-bond acceptors (Lipinski definition) is 3. The Labute approximate surface area is 150 Å². The molecule has 0 fully saturated rings. The van der Waals surface area contributed by atoms with Gasteiger partial charge in [0.05, 0.1) is 18.2 Å². The summed E-state index contributed by atoms with van der Waals surface area (Å²) >= 11 is 0. The van der Waals surface area contributed by atoms with Gasteiger partial charge in [-0.05, 0) is 49.1 Å². The minimum atomic E-state index is -1.01. The summed E-state index contributed by atoms with van der Waals surface area (Å²) in [6.07, 6.45) is 1.90. The van der Waals surface area contributed by atoms with Crippen molar-refractivity contribution in [2.45, 2.75) is 31.7 Å². The largest absolute Gasteiger partial charge is 0.493 e. The van der Waals surface area contributed by atoms with Crippen molar-refractivity contribution < 1.29 is 23.8 Å². The number of aromatic carboxylic acids is 1. The second-order valence-corrected chi connectivity index (χ2v) is 6.26. The van der Waals surface area contributed by atoms with Crippen LogP contribution in [0.4, 0.5) is 4.39 Å². The molecule has 26 heavy (non-hydrogen) atoms. The Balaban J connectivity index is 1.67. The minimum Gasteiger partial charge on any atom is -0.493 e. The van der Waals surface area contributed by atoms with Crippen LogP contribution >= 0.6 is 0 Å². The number of aryl methyl sites for hydroxylation is 1. The summed E-state index contributed by atoms with van der Waals surface area (Å²) in [6, 6.07) is 10.6. The predicted molar refractivity (Wildman–Crippen MR) is 93.7 cm³/mol. The molecule has 0 radical (unpaired) electrons. The fourth-order valence-corrected chi connectivity index (χ4v) is 3.16. The molecule has 1 atom stereocenters. The average Bonchev–Trinajstić information content (AvgIpc) is 2.82. The Kier molecular flexibility index (Phi) is 5.51. The van der Waals surface area contributed by atoms with Gasteiger partial charge >= 0.3 is 5.97 Å². The summed E-state index contributed by atoms with van der Waals surface area (Å²) in [5.74, 6) is -0.993. The van der Waals surface area contributed by atoms with Crippen LogP contribution in [0.3, 0.4) is 0 Å². The van der Waals surface area contributed by atoms with E-state index in [9.17, 15) is 19.1 Å². The van der Waals surface area contributed by atoms with Gasteiger partial charge in [-0.15, -0.1) is 0 Å². The van der Waals surface area contributed by atoms with E-state index < -0.39 is 5.97 Å². The van der Waals surface area contributed by atoms with Gasteiger partial charge in [0.15, 0.2) is 0 Å². The first kappa shape index (κ1) is 17.9. The molecule has 0 saturated carbocycles. The first-order valence-electron chi connectivity index (χ1n) is 8.57. The second-order valence-electron chi connectivity index (χ2n) is 6.26. The summed E-state index contributed by atoms with van der Waals surface area (Å²) in [7, 11) is 0. The Morgan fingerprint density at radius 1 is 1.23 bits per heavy atom. The maximum Gasteiger partial charge on any atom is 0.335 e. The quantitative estimate of drug-likeness (QED) is 0.859. The SMILES string of the molecule is O=C(CCc1ccccc1C(=O)O)NC1CCCOc2ccc(F)cc21. The fraction of sp³-hybridized carbons (Fsp3) is 0.300. The van der Waals surface area contributed by atoms with Gasteiger partial charge in [-0.2, -0.15) is 0 Å². The molecule has 2 aromatic rings. The number of carbonyl (C=O) groups is 2. The predicted octanol–water partition coefficient (Wildman–Crippen LogP) is 3.49. The molecular formula is C20H20FNO4. The van der Waals surface area contributed by atoms with Gasteiger partial charge in [0.1, 0.15) is 11.6 Å². The summed E-state index contributed by atoms with van der Waals surface area (Å²) in [5.41, 5.74) is 1.46. The first-order valence-corrected chi connectivity index (χ1v) is 8.57. The molecule has 0 spiro atoms. The summed E-state index contributed by atoms with van der Waals surface area (Å²) in [5, 5.41) is 12.1. The van der Waals surface area contributed by atoms with Crippen LogP contribution in [0.1, 0.15) is 46.8 Å². The molecule has 1 heterocycles. The number of carboxylic acids is 1. The third-order valence-electron chi connectivity index (χ3n) is 4.45. The van der Waals surface area contributed by atoms with Crippen molar-refractivity contribution >= 4 is 11.9 Å². The molecule has 6 heteroatoms. The molecule has 136 valence electrons. The third-order valence-corrected chi connectivity index (χ3v) is 4.45. The molecular weight excluding hydrogens is 337 g/mol. The zero-order valence-corrected chi connectivity index (χ0v) is 14.2. The number of halogens is 1. The molecule has 1 amide bonds. The normalized spacial score (nSPS) is 16.1. The number of rotatable bonds is 5. The van der Waals surface area contributed by atoms with Gasteiger partial charge in [-0.3, -0.25) is 4.79 Å². The van der Waals surface area contributed by atoms with Crippen LogP contribution in [-0.2, 0) is 11.2 Å². The zero-order valence-electron chi connectivity index (χ0n) is 14.2. The van der Waals surface area contributed by atoms with E-state index in [0.717, 1.165) is 6.42 Å². The van der Waals surface area contributed by atoms with E-state index in [1.807, 2.05) is 0 Å².